The highest BCUT2D eigenvalue weighted by molar-refractivity contribution is 9.10. The highest BCUT2D eigenvalue weighted by Gasteiger charge is 2.63. The highest BCUT2D eigenvalue weighted by atomic mass is 79.9. The summed E-state index contributed by atoms with van der Waals surface area (Å²) in [5, 5.41) is 20.9. The fourth-order valence-corrected chi connectivity index (χ4v) is 4.74. The minimum atomic E-state index is -0.560. The van der Waals surface area contributed by atoms with Gasteiger partial charge in [-0.15, -0.1) is 0 Å². The average Bonchev–Trinajstić information content (AvgIpc) is 3.38. The predicted molar refractivity (Wildman–Crippen MR) is 182 cm³/mol. The van der Waals surface area contributed by atoms with Gasteiger partial charge in [0, 0.05) is 28.7 Å². The molecule has 3 saturated heterocycles. The average molecular weight is 705 g/mol. The molecule has 5 rings (SSSR count). The Morgan fingerprint density at radius 2 is 0.870 bits per heavy atom. The zero-order chi connectivity index (χ0) is 35.1. The smallest absolute Gasteiger partial charge is 0.405 e. The molecule has 3 heterocycles. The van der Waals surface area contributed by atoms with Crippen LogP contribution in [-0.2, 0) is 27.9 Å². The third-order valence-corrected chi connectivity index (χ3v) is 9.88. The number of hydrogen-bond acceptors (Lipinski definition) is 10. The molecule has 0 aromatic heterocycles. The zero-order valence-corrected chi connectivity index (χ0v) is 30.3. The van der Waals surface area contributed by atoms with E-state index in [9.17, 15) is 20.2 Å². The summed E-state index contributed by atoms with van der Waals surface area (Å²) < 4.78 is 36.3. The molecule has 46 heavy (non-hydrogen) atoms. The molecule has 0 spiro atoms. The lowest BCUT2D eigenvalue weighted by Gasteiger charge is -2.32. The van der Waals surface area contributed by atoms with Crippen molar-refractivity contribution >= 4 is 53.9 Å². The van der Waals surface area contributed by atoms with Gasteiger partial charge in [-0.05, 0) is 94.6 Å². The van der Waals surface area contributed by atoms with Crippen LogP contribution in [0, 0.1) is 20.2 Å². The van der Waals surface area contributed by atoms with Crippen molar-refractivity contribution in [3.05, 3.63) is 73.2 Å². The second-order valence-electron chi connectivity index (χ2n) is 14.4. The van der Waals surface area contributed by atoms with Crippen LogP contribution in [0.2, 0.25) is 0 Å². The molecule has 3 fully saturated rings. The Balaban J connectivity index is 0.000000196. The molecule has 0 bridgehead atoms. The number of non-ortho nitro benzene ring substituents is 2. The van der Waals surface area contributed by atoms with E-state index in [0.29, 0.717) is 5.46 Å². The maximum absolute atomic E-state index is 10.7. The number of nitro benzene ring substituents is 2. The van der Waals surface area contributed by atoms with Crippen LogP contribution in [-0.4, -0.2) is 64.6 Å². The molecule has 0 radical (unpaired) electrons. The van der Waals surface area contributed by atoms with Crippen molar-refractivity contribution in [3.8, 4) is 0 Å². The molecule has 0 aliphatic carbocycles. The predicted octanol–water partition coefficient (Wildman–Crippen LogP) is 6.50. The van der Waals surface area contributed by atoms with E-state index in [1.54, 1.807) is 24.3 Å². The topological polar surface area (TPSA) is 142 Å². The number of hydrogen-bond donors (Lipinski definition) is 0. The molecule has 12 nitrogen and oxygen atoms in total. The first-order valence-corrected chi connectivity index (χ1v) is 15.8. The summed E-state index contributed by atoms with van der Waals surface area (Å²) in [6, 6.07) is 12.6. The van der Waals surface area contributed by atoms with E-state index in [2.05, 4.69) is 15.9 Å². The second-order valence-corrected chi connectivity index (χ2v) is 15.3. The third-order valence-electron chi connectivity index (χ3n) is 9.39. The molecule has 3 aliphatic heterocycles. The number of nitro groups is 2. The van der Waals surface area contributed by atoms with E-state index >= 15 is 0 Å². The third kappa shape index (κ3) is 8.39. The fraction of sp³-hybridized carbons (Fsp3) is 0.600. The van der Waals surface area contributed by atoms with Gasteiger partial charge in [-0.2, -0.15) is 0 Å². The normalized spacial score (nSPS) is 22.8. The van der Waals surface area contributed by atoms with E-state index in [1.165, 1.54) is 24.3 Å². The standard InChI is InChI=1S/C12H24B2O4.C12H16BNO4.C6H4BrNO2/c1-9(2)10(3,4)16-13(15-9)14-17-11(5,6)12(7,8)18-14;1-11(2)12(3,4)18-13(17-11)9-6-5-7-10(8-9)14(15)16;7-5-2-1-3-6(4-5)8(9)10/h1-8H3;5-8H,1-4H3;1-4H. The van der Waals surface area contributed by atoms with Crippen LogP contribution in [0.15, 0.2) is 53.0 Å². The first kappa shape index (κ1) is 38.1. The minimum Gasteiger partial charge on any atom is -0.405 e. The number of nitrogens with zero attached hydrogens (tertiary/aromatic N) is 2. The van der Waals surface area contributed by atoms with E-state index in [1.807, 2.05) is 83.1 Å². The van der Waals surface area contributed by atoms with Gasteiger partial charge < -0.3 is 27.9 Å². The Morgan fingerprint density at radius 1 is 0.543 bits per heavy atom. The summed E-state index contributed by atoms with van der Waals surface area (Å²) in [5.74, 6) is 0. The largest absolute Gasteiger partial charge is 0.495 e. The summed E-state index contributed by atoms with van der Waals surface area (Å²) in [4.78, 5) is 20.0. The molecular formula is C30H44B3BrN2O10. The van der Waals surface area contributed by atoms with E-state index in [0.717, 1.165) is 4.47 Å². The monoisotopic (exact) mass is 704 g/mol. The van der Waals surface area contributed by atoms with Crippen molar-refractivity contribution in [1.29, 1.82) is 0 Å². The van der Waals surface area contributed by atoms with E-state index < -0.39 is 42.2 Å². The van der Waals surface area contributed by atoms with Crippen molar-refractivity contribution in [1.82, 2.24) is 0 Å². The molecule has 2 aromatic carbocycles. The van der Waals surface area contributed by atoms with Crippen LogP contribution in [0.25, 0.3) is 0 Å². The zero-order valence-electron chi connectivity index (χ0n) is 28.7. The number of halogens is 1. The van der Waals surface area contributed by atoms with Crippen LogP contribution in [0.3, 0.4) is 0 Å². The summed E-state index contributed by atoms with van der Waals surface area (Å²) >= 11 is 3.13. The fourth-order valence-electron chi connectivity index (χ4n) is 4.35. The van der Waals surface area contributed by atoms with Gasteiger partial charge in [0.15, 0.2) is 0 Å². The lowest BCUT2D eigenvalue weighted by Crippen LogP contribution is -2.41. The van der Waals surface area contributed by atoms with Gasteiger partial charge in [0.05, 0.1) is 43.5 Å². The lowest BCUT2D eigenvalue weighted by atomic mass is 9.49. The van der Waals surface area contributed by atoms with Crippen molar-refractivity contribution < 1.29 is 37.8 Å². The van der Waals surface area contributed by atoms with Gasteiger partial charge in [-0.25, -0.2) is 0 Å². The van der Waals surface area contributed by atoms with Gasteiger partial charge in [0.25, 0.3) is 11.4 Å². The van der Waals surface area contributed by atoms with Crippen LogP contribution >= 0.6 is 15.9 Å². The molecule has 0 saturated carbocycles. The quantitative estimate of drug-likeness (QED) is 0.197. The van der Waals surface area contributed by atoms with Crippen LogP contribution < -0.4 is 5.46 Å². The van der Waals surface area contributed by atoms with Crippen LogP contribution in [0.5, 0.6) is 0 Å². The Hall–Kier alpha value is -2.33. The van der Waals surface area contributed by atoms with Crippen molar-refractivity contribution in [2.45, 2.75) is 117 Å². The van der Waals surface area contributed by atoms with Crippen molar-refractivity contribution in [2.24, 2.45) is 0 Å². The van der Waals surface area contributed by atoms with Gasteiger partial charge in [0.1, 0.15) is 0 Å². The molecule has 0 atom stereocenters. The van der Waals surface area contributed by atoms with E-state index in [4.69, 9.17) is 27.9 Å². The molecule has 3 aliphatic rings. The Labute approximate surface area is 281 Å². The highest BCUT2D eigenvalue weighted by Crippen LogP contribution is 2.43. The first-order valence-electron chi connectivity index (χ1n) is 15.0. The van der Waals surface area contributed by atoms with Gasteiger partial charge in [-0.1, -0.05) is 34.1 Å². The SMILES string of the molecule is CC1(C)OB(B2OC(C)(C)C(C)(C)O2)OC1(C)C.CC1(C)OB(c2cccc([N+](=O)[O-])c2)OC1(C)C.O=[N+]([O-])c1cccc(Br)c1. The number of benzene rings is 2. The molecule has 2 aromatic rings. The molecular weight excluding hydrogens is 661 g/mol. The Morgan fingerprint density at radius 3 is 1.20 bits per heavy atom. The Bertz CT molecular complexity index is 1360. The maximum Gasteiger partial charge on any atom is 0.495 e. The van der Waals surface area contributed by atoms with Gasteiger partial charge in [-0.3, -0.25) is 20.2 Å². The molecule has 0 unspecified atom stereocenters. The first-order chi connectivity index (χ1) is 20.8. The van der Waals surface area contributed by atoms with Crippen LogP contribution in [0.1, 0.15) is 83.1 Å². The summed E-state index contributed by atoms with van der Waals surface area (Å²) in [7, 11) is -1.51. The minimum absolute atomic E-state index is 0.0437. The molecule has 250 valence electrons. The van der Waals surface area contributed by atoms with Crippen molar-refractivity contribution in [2.75, 3.05) is 0 Å². The second kappa shape index (κ2) is 13.3. The number of rotatable bonds is 4. The van der Waals surface area contributed by atoms with Crippen LogP contribution in [0.4, 0.5) is 11.4 Å². The maximum atomic E-state index is 10.7. The van der Waals surface area contributed by atoms with Crippen molar-refractivity contribution in [3.63, 3.8) is 0 Å². The molecule has 0 N–H and O–H groups in total. The van der Waals surface area contributed by atoms with Gasteiger partial charge >= 0.3 is 21.1 Å². The Kier molecular flexibility index (Phi) is 11.0. The summed E-state index contributed by atoms with van der Waals surface area (Å²) in [5.41, 5.74) is -1.50. The molecule has 0 amide bonds. The summed E-state index contributed by atoms with van der Waals surface area (Å²) in [6.07, 6.45) is 0. The van der Waals surface area contributed by atoms with Gasteiger partial charge in [0.2, 0.25) is 0 Å². The summed E-state index contributed by atoms with van der Waals surface area (Å²) in [6.45, 7) is 24.0. The van der Waals surface area contributed by atoms with E-state index in [-0.39, 0.29) is 33.8 Å². The molecule has 16 heteroatoms. The lowest BCUT2D eigenvalue weighted by molar-refractivity contribution is -0.385.